The number of hydrogen-bond acceptors (Lipinski definition) is 7. The van der Waals surface area contributed by atoms with Gasteiger partial charge in [0, 0.05) is 38.9 Å². The topological polar surface area (TPSA) is 104 Å². The summed E-state index contributed by atoms with van der Waals surface area (Å²) in [4.78, 5) is 37.9. The Bertz CT molecular complexity index is 870. The molecule has 1 fully saturated rings. The van der Waals surface area contributed by atoms with Gasteiger partial charge in [0.1, 0.15) is 11.5 Å². The van der Waals surface area contributed by atoms with Gasteiger partial charge in [0.25, 0.3) is 5.91 Å². The van der Waals surface area contributed by atoms with Crippen molar-refractivity contribution in [1.82, 2.24) is 29.4 Å². The van der Waals surface area contributed by atoms with E-state index in [1.54, 1.807) is 6.33 Å². The highest BCUT2D eigenvalue weighted by molar-refractivity contribution is 7.08. The summed E-state index contributed by atoms with van der Waals surface area (Å²) in [5.41, 5.74) is 2.28. The number of amides is 2. The quantitative estimate of drug-likeness (QED) is 0.815. The number of fused-ring (bicyclic) bond motifs is 2. The molecule has 1 spiro atoms. The second kappa shape index (κ2) is 7.59. The second-order valence-corrected chi connectivity index (χ2v) is 7.94. The molecule has 10 heteroatoms. The summed E-state index contributed by atoms with van der Waals surface area (Å²) in [6.45, 7) is 3.77. The Morgan fingerprint density at radius 2 is 2.11 bits per heavy atom. The number of nitrogens with zero attached hydrogens (tertiary/aromatic N) is 5. The predicted octanol–water partition coefficient (Wildman–Crippen LogP) is 0.986. The average molecular weight is 404 g/mol. The molecule has 150 valence electrons. The van der Waals surface area contributed by atoms with Crippen LogP contribution in [0.1, 0.15) is 46.5 Å². The number of piperidine rings is 1. The smallest absolute Gasteiger partial charge is 0.267 e. The first-order chi connectivity index (χ1) is 13.6. The molecule has 2 amide bonds. The van der Waals surface area contributed by atoms with Crippen molar-refractivity contribution in [3.63, 3.8) is 0 Å². The number of hydrogen-bond donors (Lipinski definition) is 1. The zero-order valence-corrected chi connectivity index (χ0v) is 16.9. The average Bonchev–Trinajstić information content (AvgIpc) is 3.38. The number of imidazole rings is 1. The molecular weight excluding hydrogens is 380 g/mol. The van der Waals surface area contributed by atoms with Gasteiger partial charge in [-0.3, -0.25) is 9.59 Å². The van der Waals surface area contributed by atoms with E-state index < -0.39 is 5.54 Å². The van der Waals surface area contributed by atoms with Crippen LogP contribution in [0.5, 0.6) is 0 Å². The van der Waals surface area contributed by atoms with Gasteiger partial charge in [0.05, 0.1) is 23.3 Å². The zero-order valence-electron chi connectivity index (χ0n) is 16.1. The van der Waals surface area contributed by atoms with Crippen molar-refractivity contribution in [2.45, 2.75) is 38.1 Å². The molecular formula is C18H24N6O3S. The Morgan fingerprint density at radius 3 is 2.82 bits per heavy atom. The number of likely N-dealkylation sites (tertiary alicyclic amines) is 1. The van der Waals surface area contributed by atoms with E-state index in [1.165, 1.54) is 7.11 Å². The molecule has 28 heavy (non-hydrogen) atoms. The molecule has 4 rings (SSSR count). The van der Waals surface area contributed by atoms with E-state index in [2.05, 4.69) is 19.6 Å². The molecule has 4 heterocycles. The fraction of sp³-hybridized carbons (Fsp3) is 0.611. The number of ether oxygens (including phenoxy) is 1. The van der Waals surface area contributed by atoms with Gasteiger partial charge in [-0.15, -0.1) is 5.10 Å². The number of carbonyl (C=O) groups excluding carboxylic acids is 2. The third kappa shape index (κ3) is 3.00. The first-order valence-electron chi connectivity index (χ1n) is 9.53. The summed E-state index contributed by atoms with van der Waals surface area (Å²) in [6, 6.07) is 0. The van der Waals surface area contributed by atoms with Gasteiger partial charge in [0.2, 0.25) is 5.91 Å². The highest BCUT2D eigenvalue weighted by Gasteiger charge is 2.49. The van der Waals surface area contributed by atoms with Crippen LogP contribution in [0.25, 0.3) is 0 Å². The molecule has 0 saturated carbocycles. The number of nitrogens with one attached hydrogen (secondary N) is 1. The van der Waals surface area contributed by atoms with Crippen molar-refractivity contribution in [2.24, 2.45) is 0 Å². The first-order valence-corrected chi connectivity index (χ1v) is 10.3. The molecule has 0 aliphatic carbocycles. The van der Waals surface area contributed by atoms with Crippen LogP contribution in [-0.2, 0) is 27.9 Å². The lowest BCUT2D eigenvalue weighted by Gasteiger charge is -2.50. The Labute approximate surface area is 167 Å². The summed E-state index contributed by atoms with van der Waals surface area (Å²) in [7, 11) is 1.53. The zero-order chi connectivity index (χ0) is 19.7. The van der Waals surface area contributed by atoms with Crippen LogP contribution in [0.4, 0.5) is 0 Å². The number of rotatable bonds is 4. The van der Waals surface area contributed by atoms with E-state index in [1.807, 2.05) is 16.7 Å². The Balaban J connectivity index is 1.58. The van der Waals surface area contributed by atoms with Crippen LogP contribution < -0.4 is 0 Å². The fourth-order valence-electron chi connectivity index (χ4n) is 4.38. The van der Waals surface area contributed by atoms with Crippen LogP contribution in [0.15, 0.2) is 6.33 Å². The molecule has 1 N–H and O–H groups in total. The number of aromatic nitrogens is 4. The summed E-state index contributed by atoms with van der Waals surface area (Å²) < 4.78 is 9.03. The van der Waals surface area contributed by atoms with Gasteiger partial charge in [-0.2, -0.15) is 0 Å². The van der Waals surface area contributed by atoms with Gasteiger partial charge in [-0.25, -0.2) is 4.98 Å². The standard InChI is InChI=1S/C18H24N6O3S/c1-3-12-15(28-22-21-12)17(26)23-8-5-18(6-9-23)16-13(19-11-20-16)4-7-24(18)14(25)10-27-2/h11H,3-10H2,1-2H3,(H,19,20). The number of aryl methyl sites for hydroxylation is 1. The van der Waals surface area contributed by atoms with E-state index in [0.717, 1.165) is 35.0 Å². The summed E-state index contributed by atoms with van der Waals surface area (Å²) >= 11 is 1.15. The van der Waals surface area contributed by atoms with Crippen LogP contribution in [0.2, 0.25) is 0 Å². The molecule has 2 aromatic heterocycles. The molecule has 0 bridgehead atoms. The van der Waals surface area contributed by atoms with Crippen molar-refractivity contribution < 1.29 is 14.3 Å². The Morgan fingerprint density at radius 1 is 1.32 bits per heavy atom. The normalized spacial score (nSPS) is 18.4. The lowest BCUT2D eigenvalue weighted by molar-refractivity contribution is -0.145. The third-order valence-electron chi connectivity index (χ3n) is 5.79. The molecule has 0 aromatic carbocycles. The maximum atomic E-state index is 13.0. The Hall–Kier alpha value is -2.33. The minimum Gasteiger partial charge on any atom is -0.375 e. The van der Waals surface area contributed by atoms with Crippen LogP contribution in [-0.4, -0.2) is 74.5 Å². The highest BCUT2D eigenvalue weighted by Crippen LogP contribution is 2.42. The number of aromatic amines is 1. The monoisotopic (exact) mass is 404 g/mol. The highest BCUT2D eigenvalue weighted by atomic mass is 32.1. The van der Waals surface area contributed by atoms with E-state index >= 15 is 0 Å². The fourth-order valence-corrected chi connectivity index (χ4v) is 5.09. The van der Waals surface area contributed by atoms with E-state index in [-0.39, 0.29) is 18.4 Å². The van der Waals surface area contributed by atoms with E-state index in [0.29, 0.717) is 43.8 Å². The van der Waals surface area contributed by atoms with Gasteiger partial charge in [0.15, 0.2) is 0 Å². The lowest BCUT2D eigenvalue weighted by Crippen LogP contribution is -2.59. The van der Waals surface area contributed by atoms with Gasteiger partial charge in [-0.1, -0.05) is 11.4 Å². The van der Waals surface area contributed by atoms with Crippen LogP contribution >= 0.6 is 11.5 Å². The van der Waals surface area contributed by atoms with Crippen molar-refractivity contribution in [3.8, 4) is 0 Å². The van der Waals surface area contributed by atoms with Gasteiger partial charge in [-0.05, 0) is 30.8 Å². The van der Waals surface area contributed by atoms with Crippen LogP contribution in [0.3, 0.4) is 0 Å². The van der Waals surface area contributed by atoms with Gasteiger partial charge < -0.3 is 19.5 Å². The molecule has 2 aromatic rings. The maximum Gasteiger partial charge on any atom is 0.267 e. The van der Waals surface area contributed by atoms with E-state index in [9.17, 15) is 9.59 Å². The van der Waals surface area contributed by atoms with Crippen molar-refractivity contribution in [1.29, 1.82) is 0 Å². The number of carbonyl (C=O) groups is 2. The molecule has 2 aliphatic rings. The maximum absolute atomic E-state index is 13.0. The van der Waals surface area contributed by atoms with E-state index in [4.69, 9.17) is 4.74 Å². The van der Waals surface area contributed by atoms with Crippen molar-refractivity contribution >= 4 is 23.3 Å². The molecule has 1 saturated heterocycles. The minimum absolute atomic E-state index is 0.0190. The summed E-state index contributed by atoms with van der Waals surface area (Å²) in [5, 5.41) is 4.05. The number of H-pyrrole nitrogens is 1. The molecule has 9 nitrogen and oxygen atoms in total. The summed E-state index contributed by atoms with van der Waals surface area (Å²) in [5.74, 6) is -0.0506. The Kier molecular flexibility index (Phi) is 5.15. The van der Waals surface area contributed by atoms with Crippen LogP contribution in [0, 0.1) is 0 Å². The lowest BCUT2D eigenvalue weighted by atomic mass is 9.78. The molecule has 0 radical (unpaired) electrons. The summed E-state index contributed by atoms with van der Waals surface area (Å²) in [6.07, 6.45) is 4.44. The SMILES string of the molecule is CCc1nnsc1C(=O)N1CCC2(CC1)c1nc[nH]c1CCN2C(=O)COC. The minimum atomic E-state index is -0.487. The largest absolute Gasteiger partial charge is 0.375 e. The van der Waals surface area contributed by atoms with Gasteiger partial charge >= 0.3 is 0 Å². The van der Waals surface area contributed by atoms with Crippen molar-refractivity contribution in [2.75, 3.05) is 33.4 Å². The molecule has 0 atom stereocenters. The molecule has 2 aliphatic heterocycles. The number of methoxy groups -OCH3 is 1. The first kappa shape index (κ1) is 19.0. The second-order valence-electron chi connectivity index (χ2n) is 7.18. The van der Waals surface area contributed by atoms with Crippen molar-refractivity contribution in [3.05, 3.63) is 28.3 Å². The third-order valence-corrected chi connectivity index (χ3v) is 6.55. The predicted molar refractivity (Wildman–Crippen MR) is 102 cm³/mol. The molecule has 0 unspecified atom stereocenters.